The maximum atomic E-state index is 13.2. The van der Waals surface area contributed by atoms with E-state index in [0.717, 1.165) is 12.1 Å². The van der Waals surface area contributed by atoms with Crippen molar-refractivity contribution in [2.24, 2.45) is 5.41 Å². The minimum absolute atomic E-state index is 0.0496. The maximum absolute atomic E-state index is 13.2. The topological polar surface area (TPSA) is 49.3 Å². The lowest BCUT2D eigenvalue weighted by Gasteiger charge is -2.17. The number of hydrogen-bond acceptors (Lipinski definition) is 2. The van der Waals surface area contributed by atoms with Gasteiger partial charge in [-0.1, -0.05) is 26.8 Å². The van der Waals surface area contributed by atoms with Crippen molar-refractivity contribution in [3.8, 4) is 0 Å². The van der Waals surface area contributed by atoms with Crippen LogP contribution in [0.1, 0.15) is 32.4 Å². The van der Waals surface area contributed by atoms with Gasteiger partial charge in [0.05, 0.1) is 12.6 Å². The van der Waals surface area contributed by atoms with Crippen LogP contribution in [0, 0.1) is 22.9 Å². The molecule has 1 aromatic carbocycles. The van der Waals surface area contributed by atoms with Crippen molar-refractivity contribution in [2.45, 2.75) is 26.8 Å². The van der Waals surface area contributed by atoms with Gasteiger partial charge in [0.25, 0.3) is 0 Å². The number of halogens is 3. The zero-order valence-electron chi connectivity index (χ0n) is 12.1. The number of hydrogen-bond donors (Lipinski definition) is 2. The van der Waals surface area contributed by atoms with Gasteiger partial charge in [-0.2, -0.15) is 0 Å². The van der Waals surface area contributed by atoms with Gasteiger partial charge in [0, 0.05) is 0 Å². The van der Waals surface area contributed by atoms with Crippen LogP contribution in [0.2, 0.25) is 0 Å². The van der Waals surface area contributed by atoms with Crippen LogP contribution >= 0.6 is 0 Å². The molecule has 0 fully saturated rings. The molecular weight excluding hydrogens is 283 g/mol. The third-order valence-corrected chi connectivity index (χ3v) is 2.64. The minimum Gasteiger partial charge on any atom is -0.394 e. The van der Waals surface area contributed by atoms with E-state index in [2.05, 4.69) is 5.32 Å². The summed E-state index contributed by atoms with van der Waals surface area (Å²) in [6, 6.07) is 0.465. The number of carbonyl (C=O) groups excluding carboxylic acids is 1. The van der Waals surface area contributed by atoms with Crippen molar-refractivity contribution < 1.29 is 23.1 Å². The summed E-state index contributed by atoms with van der Waals surface area (Å²) < 4.78 is 39.2. The SMILES string of the molecule is CC(C)(C)/C=C/C(=O)NC(CO)c1cc(F)c(F)c(F)c1. The Balaban J connectivity index is 2.90. The molecular formula is C15H18F3NO2. The van der Waals surface area contributed by atoms with Gasteiger partial charge in [0.15, 0.2) is 17.5 Å². The summed E-state index contributed by atoms with van der Waals surface area (Å²) in [5, 5.41) is 11.6. The third kappa shape index (κ3) is 5.23. The molecule has 1 atom stereocenters. The van der Waals surface area contributed by atoms with Crippen molar-refractivity contribution in [2.75, 3.05) is 6.61 Å². The molecule has 0 saturated heterocycles. The number of aliphatic hydroxyl groups is 1. The van der Waals surface area contributed by atoms with E-state index in [1.165, 1.54) is 6.08 Å². The van der Waals surface area contributed by atoms with Crippen LogP contribution in [0.3, 0.4) is 0 Å². The molecule has 0 spiro atoms. The lowest BCUT2D eigenvalue weighted by atomic mass is 9.96. The number of nitrogens with one attached hydrogen (secondary N) is 1. The van der Waals surface area contributed by atoms with Gasteiger partial charge >= 0.3 is 0 Å². The highest BCUT2D eigenvalue weighted by Crippen LogP contribution is 2.19. The Bertz CT molecular complexity index is 527. The molecule has 0 aliphatic rings. The second-order valence-corrected chi connectivity index (χ2v) is 5.74. The average molecular weight is 301 g/mol. The fourth-order valence-corrected chi connectivity index (χ4v) is 1.56. The maximum Gasteiger partial charge on any atom is 0.244 e. The first-order valence-corrected chi connectivity index (χ1v) is 6.39. The molecule has 0 aromatic heterocycles. The van der Waals surface area contributed by atoms with Crippen molar-refractivity contribution >= 4 is 5.91 Å². The summed E-state index contributed by atoms with van der Waals surface area (Å²) in [5.74, 6) is -4.85. The molecule has 0 saturated carbocycles. The molecule has 2 N–H and O–H groups in total. The third-order valence-electron chi connectivity index (χ3n) is 2.64. The molecule has 0 aliphatic heterocycles. The van der Waals surface area contributed by atoms with Gasteiger partial charge < -0.3 is 10.4 Å². The van der Waals surface area contributed by atoms with Crippen LogP contribution in [0.5, 0.6) is 0 Å². The Labute approximate surface area is 121 Å². The smallest absolute Gasteiger partial charge is 0.244 e. The van der Waals surface area contributed by atoms with Crippen LogP contribution in [-0.2, 0) is 4.79 Å². The van der Waals surface area contributed by atoms with Crippen molar-refractivity contribution in [1.82, 2.24) is 5.32 Å². The first-order chi connectivity index (χ1) is 9.64. The van der Waals surface area contributed by atoms with Gasteiger partial charge in [0.2, 0.25) is 5.91 Å². The van der Waals surface area contributed by atoms with E-state index in [-0.39, 0.29) is 11.0 Å². The Kier molecular flexibility index (Phi) is 5.54. The molecule has 21 heavy (non-hydrogen) atoms. The van der Waals surface area contributed by atoms with E-state index in [1.54, 1.807) is 6.08 Å². The molecule has 0 radical (unpaired) electrons. The van der Waals surface area contributed by atoms with Gasteiger partial charge in [-0.3, -0.25) is 4.79 Å². The van der Waals surface area contributed by atoms with Crippen LogP contribution in [-0.4, -0.2) is 17.6 Å². The van der Waals surface area contributed by atoms with Crippen LogP contribution < -0.4 is 5.32 Å². The predicted molar refractivity (Wildman–Crippen MR) is 72.9 cm³/mol. The monoisotopic (exact) mass is 301 g/mol. The van der Waals surface area contributed by atoms with E-state index in [9.17, 15) is 23.1 Å². The lowest BCUT2D eigenvalue weighted by Crippen LogP contribution is -2.29. The molecule has 0 heterocycles. The van der Waals surface area contributed by atoms with E-state index >= 15 is 0 Å². The summed E-state index contributed by atoms with van der Waals surface area (Å²) in [4.78, 5) is 11.7. The molecule has 0 bridgehead atoms. The van der Waals surface area contributed by atoms with Crippen LogP contribution in [0.15, 0.2) is 24.3 Å². The Morgan fingerprint density at radius 3 is 2.24 bits per heavy atom. The fraction of sp³-hybridized carbons (Fsp3) is 0.400. The van der Waals surface area contributed by atoms with E-state index in [4.69, 9.17) is 0 Å². The van der Waals surface area contributed by atoms with Gasteiger partial charge in [-0.15, -0.1) is 0 Å². The normalized spacial score (nSPS) is 13.5. The molecule has 116 valence electrons. The van der Waals surface area contributed by atoms with Crippen molar-refractivity contribution in [3.05, 3.63) is 47.3 Å². The number of rotatable bonds is 4. The zero-order chi connectivity index (χ0) is 16.2. The van der Waals surface area contributed by atoms with Crippen LogP contribution in [0.25, 0.3) is 0 Å². The van der Waals surface area contributed by atoms with Crippen molar-refractivity contribution in [1.29, 1.82) is 0 Å². The number of aliphatic hydroxyl groups excluding tert-OH is 1. The minimum atomic E-state index is -1.59. The average Bonchev–Trinajstić information content (AvgIpc) is 2.38. The molecule has 1 unspecified atom stereocenters. The van der Waals surface area contributed by atoms with E-state index in [0.29, 0.717) is 0 Å². The summed E-state index contributed by atoms with van der Waals surface area (Å²) in [5.41, 5.74) is -0.258. The Morgan fingerprint density at radius 2 is 1.81 bits per heavy atom. The molecule has 1 aromatic rings. The first-order valence-electron chi connectivity index (χ1n) is 6.39. The largest absolute Gasteiger partial charge is 0.394 e. The second-order valence-electron chi connectivity index (χ2n) is 5.74. The summed E-state index contributed by atoms with van der Waals surface area (Å²) >= 11 is 0. The fourth-order valence-electron chi connectivity index (χ4n) is 1.56. The number of carbonyl (C=O) groups is 1. The summed E-state index contributed by atoms with van der Waals surface area (Å²) in [6.45, 7) is 5.11. The number of amides is 1. The standard InChI is InChI=1S/C15H18F3NO2/c1-15(2,3)5-4-13(21)19-12(8-20)9-6-10(16)14(18)11(17)7-9/h4-7,12,20H,8H2,1-3H3,(H,19,21)/b5-4+. The molecule has 3 nitrogen and oxygen atoms in total. The van der Waals surface area contributed by atoms with Gasteiger partial charge in [0.1, 0.15) is 0 Å². The second kappa shape index (κ2) is 6.76. The molecule has 6 heteroatoms. The van der Waals surface area contributed by atoms with Gasteiger partial charge in [-0.05, 0) is 29.2 Å². The Morgan fingerprint density at radius 1 is 1.29 bits per heavy atom. The van der Waals surface area contributed by atoms with E-state index < -0.39 is 36.0 Å². The first kappa shape index (κ1) is 17.2. The number of benzene rings is 1. The molecule has 1 amide bonds. The quantitative estimate of drug-likeness (QED) is 0.663. The van der Waals surface area contributed by atoms with Crippen molar-refractivity contribution in [3.63, 3.8) is 0 Å². The zero-order valence-corrected chi connectivity index (χ0v) is 12.1. The highest BCUT2D eigenvalue weighted by atomic mass is 19.2. The van der Waals surface area contributed by atoms with Gasteiger partial charge in [-0.25, -0.2) is 13.2 Å². The van der Waals surface area contributed by atoms with Crippen LogP contribution in [0.4, 0.5) is 13.2 Å². The Hall–Kier alpha value is -1.82. The summed E-state index contributed by atoms with van der Waals surface area (Å²) in [7, 11) is 0. The predicted octanol–water partition coefficient (Wildman–Crippen LogP) is 2.86. The molecule has 1 rings (SSSR count). The summed E-state index contributed by atoms with van der Waals surface area (Å²) in [6.07, 6.45) is 2.93. The molecule has 0 aliphatic carbocycles. The number of allylic oxidation sites excluding steroid dienone is 1. The van der Waals surface area contributed by atoms with E-state index in [1.807, 2.05) is 20.8 Å². The highest BCUT2D eigenvalue weighted by Gasteiger charge is 2.18. The highest BCUT2D eigenvalue weighted by molar-refractivity contribution is 5.87. The lowest BCUT2D eigenvalue weighted by molar-refractivity contribution is -0.117.